The van der Waals surface area contributed by atoms with Gasteiger partial charge in [-0.05, 0) is 12.1 Å². The highest BCUT2D eigenvalue weighted by molar-refractivity contribution is 5.94. The van der Waals surface area contributed by atoms with E-state index >= 15 is 0 Å². The van der Waals surface area contributed by atoms with Crippen LogP contribution in [0, 0.1) is 5.82 Å². The highest BCUT2D eigenvalue weighted by Gasteiger charge is 2.10. The van der Waals surface area contributed by atoms with Gasteiger partial charge >= 0.3 is 5.97 Å². The molecule has 1 rings (SSSR count). The summed E-state index contributed by atoms with van der Waals surface area (Å²) in [5.41, 5.74) is 9.81. The first-order chi connectivity index (χ1) is 5.52. The van der Waals surface area contributed by atoms with Crippen molar-refractivity contribution in [1.29, 1.82) is 0 Å². The summed E-state index contributed by atoms with van der Waals surface area (Å²) in [4.78, 5) is 10.4. The second-order valence-electron chi connectivity index (χ2n) is 2.27. The van der Waals surface area contributed by atoms with Crippen LogP contribution in [0.25, 0.3) is 0 Å². The van der Waals surface area contributed by atoms with Crippen LogP contribution in [0.3, 0.4) is 0 Å². The molecule has 5 heteroatoms. The number of aromatic carboxylic acids is 1. The summed E-state index contributed by atoms with van der Waals surface area (Å²) in [6.45, 7) is 0. The minimum absolute atomic E-state index is 0.130. The first-order valence-corrected chi connectivity index (χ1v) is 3.10. The number of nitrogen functional groups attached to an aromatic ring is 2. The van der Waals surface area contributed by atoms with Gasteiger partial charge in [0.15, 0.2) is 0 Å². The van der Waals surface area contributed by atoms with Gasteiger partial charge in [0.1, 0.15) is 5.82 Å². The van der Waals surface area contributed by atoms with Crippen LogP contribution >= 0.6 is 0 Å². The maximum absolute atomic E-state index is 12.6. The van der Waals surface area contributed by atoms with Gasteiger partial charge in [0.25, 0.3) is 0 Å². The molecule has 0 spiro atoms. The van der Waals surface area contributed by atoms with Gasteiger partial charge in [-0.3, -0.25) is 0 Å². The molecule has 0 bridgehead atoms. The van der Waals surface area contributed by atoms with Gasteiger partial charge in [-0.15, -0.1) is 0 Å². The molecular formula is C7H7FN2O2. The van der Waals surface area contributed by atoms with Crippen molar-refractivity contribution >= 4 is 17.3 Å². The van der Waals surface area contributed by atoms with Crippen LogP contribution in [0.1, 0.15) is 10.4 Å². The predicted molar refractivity (Wildman–Crippen MR) is 42.2 cm³/mol. The summed E-state index contributed by atoms with van der Waals surface area (Å²) in [6.07, 6.45) is 0. The fraction of sp³-hybridized carbons (Fsp3) is 0. The van der Waals surface area contributed by atoms with Crippen molar-refractivity contribution in [1.82, 2.24) is 0 Å². The molecule has 0 unspecified atom stereocenters. The molecule has 5 N–H and O–H groups in total. The standard InChI is InChI=1S/C7H7FN2O2/c8-4-2-5(9)3(7(11)12)1-6(4)10/h1-2H,9-10H2,(H,11,12). The smallest absolute Gasteiger partial charge is 0.337 e. The summed E-state index contributed by atoms with van der Waals surface area (Å²) in [5.74, 6) is -1.93. The lowest BCUT2D eigenvalue weighted by Crippen LogP contribution is -2.04. The van der Waals surface area contributed by atoms with Crippen molar-refractivity contribution in [2.45, 2.75) is 0 Å². The van der Waals surface area contributed by atoms with Crippen molar-refractivity contribution < 1.29 is 14.3 Å². The molecule has 0 aromatic heterocycles. The lowest BCUT2D eigenvalue weighted by atomic mass is 10.1. The zero-order valence-electron chi connectivity index (χ0n) is 6.04. The molecule has 0 aliphatic carbocycles. The number of carboxylic acids is 1. The molecule has 0 radical (unpaired) electrons. The Morgan fingerprint density at radius 3 is 2.42 bits per heavy atom. The van der Waals surface area contributed by atoms with Crippen molar-refractivity contribution in [3.8, 4) is 0 Å². The first kappa shape index (κ1) is 8.32. The maximum Gasteiger partial charge on any atom is 0.337 e. The Labute approximate surface area is 67.6 Å². The summed E-state index contributed by atoms with van der Waals surface area (Å²) >= 11 is 0. The van der Waals surface area contributed by atoms with E-state index in [1.54, 1.807) is 0 Å². The summed E-state index contributed by atoms with van der Waals surface area (Å²) < 4.78 is 12.6. The fourth-order valence-electron chi connectivity index (χ4n) is 0.791. The van der Waals surface area contributed by atoms with Gasteiger partial charge in [-0.2, -0.15) is 0 Å². The van der Waals surface area contributed by atoms with E-state index in [1.807, 2.05) is 0 Å². The third-order valence-electron chi connectivity index (χ3n) is 1.40. The minimum atomic E-state index is -1.22. The average molecular weight is 170 g/mol. The number of hydrogen-bond acceptors (Lipinski definition) is 3. The van der Waals surface area contributed by atoms with E-state index in [0.717, 1.165) is 12.1 Å². The van der Waals surface area contributed by atoms with Gasteiger partial charge in [0, 0.05) is 5.69 Å². The van der Waals surface area contributed by atoms with E-state index in [4.69, 9.17) is 16.6 Å². The minimum Gasteiger partial charge on any atom is -0.478 e. The van der Waals surface area contributed by atoms with Gasteiger partial charge in [-0.1, -0.05) is 0 Å². The lowest BCUT2D eigenvalue weighted by molar-refractivity contribution is 0.0698. The number of benzene rings is 1. The molecule has 0 saturated carbocycles. The van der Waals surface area contributed by atoms with Gasteiger partial charge in [0.2, 0.25) is 0 Å². The molecule has 4 nitrogen and oxygen atoms in total. The zero-order chi connectivity index (χ0) is 9.30. The van der Waals surface area contributed by atoms with Crippen LogP contribution in [0.2, 0.25) is 0 Å². The van der Waals surface area contributed by atoms with Crippen LogP contribution in [-0.4, -0.2) is 11.1 Å². The largest absolute Gasteiger partial charge is 0.478 e. The number of anilines is 2. The molecule has 12 heavy (non-hydrogen) atoms. The Morgan fingerprint density at radius 1 is 1.33 bits per heavy atom. The maximum atomic E-state index is 12.6. The van der Waals surface area contributed by atoms with Crippen molar-refractivity contribution in [2.24, 2.45) is 0 Å². The Balaban J connectivity index is 3.33. The van der Waals surface area contributed by atoms with Crippen LogP contribution in [0.5, 0.6) is 0 Å². The van der Waals surface area contributed by atoms with Gasteiger partial charge in [0.05, 0.1) is 11.3 Å². The molecule has 64 valence electrons. The number of carboxylic acid groups (broad SMARTS) is 1. The SMILES string of the molecule is Nc1cc(C(=O)O)c(N)cc1F. The first-order valence-electron chi connectivity index (χ1n) is 3.10. The molecule has 0 aliphatic rings. The van der Waals surface area contributed by atoms with E-state index in [9.17, 15) is 9.18 Å². The summed E-state index contributed by atoms with van der Waals surface area (Å²) in [6, 6.07) is 1.88. The Hall–Kier alpha value is -1.78. The van der Waals surface area contributed by atoms with E-state index in [-0.39, 0.29) is 16.9 Å². The molecule has 0 aliphatic heterocycles. The Kier molecular flexibility index (Phi) is 1.86. The van der Waals surface area contributed by atoms with Crippen LogP contribution in [-0.2, 0) is 0 Å². The number of carbonyl (C=O) groups is 1. The predicted octanol–water partition coefficient (Wildman–Crippen LogP) is 0.688. The molecule has 1 aromatic rings. The lowest BCUT2D eigenvalue weighted by Gasteiger charge is -2.02. The Morgan fingerprint density at radius 2 is 1.92 bits per heavy atom. The van der Waals surface area contributed by atoms with Gasteiger partial charge in [-0.25, -0.2) is 9.18 Å². The van der Waals surface area contributed by atoms with E-state index < -0.39 is 11.8 Å². The molecule has 0 saturated heterocycles. The quantitative estimate of drug-likeness (QED) is 0.541. The van der Waals surface area contributed by atoms with Crippen LogP contribution < -0.4 is 11.5 Å². The molecule has 0 atom stereocenters. The van der Waals surface area contributed by atoms with Crippen molar-refractivity contribution in [3.05, 3.63) is 23.5 Å². The third-order valence-corrected chi connectivity index (χ3v) is 1.40. The van der Waals surface area contributed by atoms with E-state index in [1.165, 1.54) is 0 Å². The monoisotopic (exact) mass is 170 g/mol. The fourth-order valence-corrected chi connectivity index (χ4v) is 0.791. The Bertz CT molecular complexity index is 338. The molecule has 1 aromatic carbocycles. The molecular weight excluding hydrogens is 163 g/mol. The van der Waals surface area contributed by atoms with Gasteiger partial charge < -0.3 is 16.6 Å². The molecule has 0 heterocycles. The molecule has 0 amide bonds. The zero-order valence-corrected chi connectivity index (χ0v) is 6.04. The highest BCUT2D eigenvalue weighted by atomic mass is 19.1. The second-order valence-corrected chi connectivity index (χ2v) is 2.27. The third kappa shape index (κ3) is 1.29. The number of halogens is 1. The summed E-state index contributed by atoms with van der Waals surface area (Å²) in [7, 11) is 0. The number of nitrogens with two attached hydrogens (primary N) is 2. The van der Waals surface area contributed by atoms with Crippen LogP contribution in [0.4, 0.5) is 15.8 Å². The van der Waals surface area contributed by atoms with Crippen molar-refractivity contribution in [3.63, 3.8) is 0 Å². The second kappa shape index (κ2) is 2.69. The molecule has 0 fully saturated rings. The normalized spacial score (nSPS) is 9.75. The van der Waals surface area contributed by atoms with Crippen LogP contribution in [0.15, 0.2) is 12.1 Å². The number of rotatable bonds is 1. The van der Waals surface area contributed by atoms with E-state index in [2.05, 4.69) is 0 Å². The number of hydrogen-bond donors (Lipinski definition) is 3. The van der Waals surface area contributed by atoms with Crippen molar-refractivity contribution in [2.75, 3.05) is 11.5 Å². The highest BCUT2D eigenvalue weighted by Crippen LogP contribution is 2.19. The summed E-state index contributed by atoms with van der Waals surface area (Å²) in [5, 5.41) is 8.52. The van der Waals surface area contributed by atoms with E-state index in [0.29, 0.717) is 0 Å². The topological polar surface area (TPSA) is 89.3 Å². The average Bonchev–Trinajstić information content (AvgIpc) is 1.96.